The maximum atomic E-state index is 12.8. The molecule has 136 valence electrons. The van der Waals surface area contributed by atoms with Crippen molar-refractivity contribution in [1.29, 1.82) is 0 Å². The summed E-state index contributed by atoms with van der Waals surface area (Å²) in [5, 5.41) is 9.17. The molecule has 0 atom stereocenters. The first-order valence-electron chi connectivity index (χ1n) is 7.99. The molecule has 1 N–H and O–H groups in total. The van der Waals surface area contributed by atoms with Crippen molar-refractivity contribution in [2.24, 2.45) is 5.41 Å². The van der Waals surface area contributed by atoms with Crippen molar-refractivity contribution in [3.05, 3.63) is 45.3 Å². The Kier molecular flexibility index (Phi) is 5.03. The Morgan fingerprint density at radius 1 is 1.42 bits per heavy atom. The average molecular weight is 439 g/mol. The van der Waals surface area contributed by atoms with Gasteiger partial charge in [0, 0.05) is 30.4 Å². The van der Waals surface area contributed by atoms with Gasteiger partial charge in [0.25, 0.3) is 5.91 Å². The Hall–Kier alpha value is -1.99. The molecule has 0 saturated heterocycles. The van der Waals surface area contributed by atoms with Crippen molar-refractivity contribution in [2.45, 2.75) is 26.8 Å². The average Bonchev–Trinajstić information content (AvgIpc) is 2.83. The predicted molar refractivity (Wildman–Crippen MR) is 101 cm³/mol. The number of benzene rings is 1. The van der Waals surface area contributed by atoms with E-state index in [9.17, 15) is 9.59 Å². The van der Waals surface area contributed by atoms with Crippen LogP contribution in [0.1, 0.15) is 36.2 Å². The molecule has 1 aromatic heterocycles. The molecule has 0 bridgehead atoms. The van der Waals surface area contributed by atoms with Crippen LogP contribution >= 0.6 is 27.5 Å². The molecule has 1 aromatic carbocycles. The highest BCUT2D eigenvalue weighted by Crippen LogP contribution is 2.33. The van der Waals surface area contributed by atoms with Crippen molar-refractivity contribution in [3.63, 3.8) is 0 Å². The van der Waals surface area contributed by atoms with Crippen LogP contribution in [0.4, 0.5) is 0 Å². The third-order valence-corrected chi connectivity index (χ3v) is 4.99. The van der Waals surface area contributed by atoms with Crippen LogP contribution in [0, 0.1) is 5.41 Å². The molecule has 0 radical (unpaired) electrons. The van der Waals surface area contributed by atoms with Gasteiger partial charge in [0.05, 0.1) is 16.6 Å². The number of amides is 1. The summed E-state index contributed by atoms with van der Waals surface area (Å²) < 4.78 is 0.687. The van der Waals surface area contributed by atoms with Crippen molar-refractivity contribution in [2.75, 3.05) is 6.54 Å². The first kappa shape index (κ1) is 18.8. The maximum absolute atomic E-state index is 12.8. The SMILES string of the molecule is CC(C)(CC(=O)O)CN1Cc2ccc(-c3nc(Cl)ncc3Br)cc2C1=O. The molecule has 3 rings (SSSR count). The number of carboxylic acids is 1. The minimum Gasteiger partial charge on any atom is -0.481 e. The molecule has 0 spiro atoms. The fourth-order valence-corrected chi connectivity index (χ4v) is 3.72. The number of hydrogen-bond donors (Lipinski definition) is 1. The lowest BCUT2D eigenvalue weighted by molar-refractivity contribution is -0.139. The third kappa shape index (κ3) is 3.88. The van der Waals surface area contributed by atoms with Crippen LogP contribution < -0.4 is 0 Å². The Labute approximate surface area is 164 Å². The number of carbonyl (C=O) groups is 2. The molecule has 8 heteroatoms. The summed E-state index contributed by atoms with van der Waals surface area (Å²) in [5.41, 5.74) is 2.40. The van der Waals surface area contributed by atoms with Crippen LogP contribution in [0.15, 0.2) is 28.9 Å². The minimum atomic E-state index is -0.869. The number of fused-ring (bicyclic) bond motifs is 1. The molecule has 1 aliphatic rings. The second kappa shape index (κ2) is 6.96. The number of aliphatic carboxylic acids is 1. The molecule has 1 aliphatic heterocycles. The summed E-state index contributed by atoms with van der Waals surface area (Å²) in [6.45, 7) is 4.56. The molecular formula is C18H17BrClN3O3. The number of rotatable bonds is 5. The smallest absolute Gasteiger partial charge is 0.303 e. The van der Waals surface area contributed by atoms with Gasteiger partial charge >= 0.3 is 5.97 Å². The highest BCUT2D eigenvalue weighted by molar-refractivity contribution is 9.10. The number of carboxylic acid groups (broad SMARTS) is 1. The minimum absolute atomic E-state index is 0.00472. The van der Waals surface area contributed by atoms with E-state index in [1.807, 2.05) is 26.0 Å². The lowest BCUT2D eigenvalue weighted by Crippen LogP contribution is -2.35. The van der Waals surface area contributed by atoms with Gasteiger partial charge < -0.3 is 10.0 Å². The van der Waals surface area contributed by atoms with E-state index in [1.54, 1.807) is 17.2 Å². The van der Waals surface area contributed by atoms with E-state index < -0.39 is 11.4 Å². The largest absolute Gasteiger partial charge is 0.481 e. The normalized spacial score (nSPS) is 13.8. The van der Waals surface area contributed by atoms with Crippen LogP contribution in [0.2, 0.25) is 5.28 Å². The highest BCUT2D eigenvalue weighted by atomic mass is 79.9. The van der Waals surface area contributed by atoms with E-state index >= 15 is 0 Å². The van der Waals surface area contributed by atoms with Crippen molar-refractivity contribution >= 4 is 39.4 Å². The molecule has 6 nitrogen and oxygen atoms in total. The van der Waals surface area contributed by atoms with Crippen molar-refractivity contribution < 1.29 is 14.7 Å². The molecule has 2 heterocycles. The lowest BCUT2D eigenvalue weighted by atomic mass is 9.89. The summed E-state index contributed by atoms with van der Waals surface area (Å²) in [7, 11) is 0. The first-order valence-corrected chi connectivity index (χ1v) is 9.16. The van der Waals surface area contributed by atoms with Gasteiger partial charge in [-0.15, -0.1) is 0 Å². The molecule has 0 fully saturated rings. The monoisotopic (exact) mass is 437 g/mol. The standard InChI is InChI=1S/C18H17BrClN3O3/c1-18(2,6-14(24)25)9-23-8-11-4-3-10(5-12(11)16(23)26)15-13(19)7-21-17(20)22-15/h3-5,7H,6,8-9H2,1-2H3,(H,24,25). The van der Waals surface area contributed by atoms with Gasteiger partial charge in [0.1, 0.15) is 0 Å². The van der Waals surface area contributed by atoms with E-state index in [0.29, 0.717) is 28.8 Å². The van der Waals surface area contributed by atoms with Crippen molar-refractivity contribution in [3.8, 4) is 11.3 Å². The highest BCUT2D eigenvalue weighted by Gasteiger charge is 2.33. The zero-order chi connectivity index (χ0) is 19.1. The van der Waals surface area contributed by atoms with Crippen LogP contribution in [0.3, 0.4) is 0 Å². The zero-order valence-corrected chi connectivity index (χ0v) is 16.6. The fraction of sp³-hybridized carbons (Fsp3) is 0.333. The van der Waals surface area contributed by atoms with Crippen LogP contribution in [0.5, 0.6) is 0 Å². The second-order valence-electron chi connectivity index (χ2n) is 7.10. The quantitative estimate of drug-likeness (QED) is 0.713. The van der Waals surface area contributed by atoms with E-state index in [2.05, 4.69) is 25.9 Å². The molecule has 26 heavy (non-hydrogen) atoms. The molecular weight excluding hydrogens is 422 g/mol. The van der Waals surface area contributed by atoms with E-state index in [1.165, 1.54) is 0 Å². The molecule has 1 amide bonds. The van der Waals surface area contributed by atoms with E-state index in [-0.39, 0.29) is 17.6 Å². The van der Waals surface area contributed by atoms with Gasteiger partial charge in [-0.2, -0.15) is 0 Å². The van der Waals surface area contributed by atoms with Gasteiger partial charge in [-0.25, -0.2) is 9.97 Å². The lowest BCUT2D eigenvalue weighted by Gasteiger charge is -2.28. The van der Waals surface area contributed by atoms with Crippen LogP contribution in [-0.2, 0) is 11.3 Å². The number of hydrogen-bond acceptors (Lipinski definition) is 4. The Morgan fingerprint density at radius 3 is 2.85 bits per heavy atom. The third-order valence-electron chi connectivity index (χ3n) is 4.23. The van der Waals surface area contributed by atoms with Crippen molar-refractivity contribution in [1.82, 2.24) is 14.9 Å². The van der Waals surface area contributed by atoms with E-state index in [4.69, 9.17) is 16.7 Å². The van der Waals surface area contributed by atoms with E-state index in [0.717, 1.165) is 11.1 Å². The molecule has 0 saturated carbocycles. The summed E-state index contributed by atoms with van der Waals surface area (Å²) in [4.78, 5) is 33.7. The fourth-order valence-electron chi connectivity index (χ4n) is 3.17. The van der Waals surface area contributed by atoms with Gasteiger partial charge in [-0.1, -0.05) is 26.0 Å². The molecule has 0 aliphatic carbocycles. The summed E-state index contributed by atoms with van der Waals surface area (Å²) in [6, 6.07) is 5.59. The summed E-state index contributed by atoms with van der Waals surface area (Å²) in [6.07, 6.45) is 1.57. The van der Waals surface area contributed by atoms with Crippen LogP contribution in [-0.4, -0.2) is 38.4 Å². The predicted octanol–water partition coefficient (Wildman–Crippen LogP) is 4.02. The Bertz CT molecular complexity index is 901. The summed E-state index contributed by atoms with van der Waals surface area (Å²) >= 11 is 9.29. The van der Waals surface area contributed by atoms with Gasteiger partial charge in [-0.05, 0) is 44.6 Å². The second-order valence-corrected chi connectivity index (χ2v) is 8.30. The number of carbonyl (C=O) groups excluding carboxylic acids is 1. The topological polar surface area (TPSA) is 83.4 Å². The van der Waals surface area contributed by atoms with Crippen LogP contribution in [0.25, 0.3) is 11.3 Å². The van der Waals surface area contributed by atoms with Gasteiger partial charge in [0.2, 0.25) is 5.28 Å². The maximum Gasteiger partial charge on any atom is 0.303 e. The number of aromatic nitrogens is 2. The Balaban J connectivity index is 1.87. The Morgan fingerprint density at radius 2 is 2.15 bits per heavy atom. The molecule has 2 aromatic rings. The van der Waals surface area contributed by atoms with Gasteiger partial charge in [0.15, 0.2) is 0 Å². The zero-order valence-electron chi connectivity index (χ0n) is 14.3. The van der Waals surface area contributed by atoms with Gasteiger partial charge in [-0.3, -0.25) is 9.59 Å². The summed E-state index contributed by atoms with van der Waals surface area (Å²) in [5.74, 6) is -0.969. The first-order chi connectivity index (χ1) is 12.2. The molecule has 0 unspecified atom stereocenters. The number of nitrogens with zero attached hydrogens (tertiary/aromatic N) is 3. The number of halogens is 2.